The number of fused-ring (bicyclic) bond motifs is 1. The van der Waals surface area contributed by atoms with Gasteiger partial charge in [-0.25, -0.2) is 9.97 Å². The summed E-state index contributed by atoms with van der Waals surface area (Å²) < 4.78 is 10.5. The minimum Gasteiger partial charge on any atom is -0.361 e. The Hall–Kier alpha value is -1.51. The maximum absolute atomic E-state index is 5.83. The molecule has 0 radical (unpaired) electrons. The van der Waals surface area contributed by atoms with Crippen molar-refractivity contribution in [2.45, 2.75) is 32.4 Å². The third-order valence-corrected chi connectivity index (χ3v) is 6.03. The number of ether oxygens (including phenoxy) is 1. The lowest BCUT2D eigenvalue weighted by atomic mass is 10.3. The fourth-order valence-electron chi connectivity index (χ4n) is 2.34. The highest BCUT2D eigenvalue weighted by molar-refractivity contribution is 9.10. The highest BCUT2D eigenvalue weighted by atomic mass is 79.9. The van der Waals surface area contributed by atoms with Gasteiger partial charge in [-0.1, -0.05) is 19.6 Å². The molecule has 0 atom stereocenters. The first kappa shape index (κ1) is 17.3. The molecule has 0 aliphatic carbocycles. The van der Waals surface area contributed by atoms with Gasteiger partial charge in [-0.2, -0.15) is 5.10 Å². The first-order valence-corrected chi connectivity index (χ1v) is 12.4. The van der Waals surface area contributed by atoms with Crippen LogP contribution in [0, 0.1) is 0 Å². The van der Waals surface area contributed by atoms with Crippen molar-refractivity contribution >= 4 is 35.2 Å². The molecule has 3 heterocycles. The molecular weight excluding hydrogens is 386 g/mol. The molecule has 3 aromatic rings. The van der Waals surface area contributed by atoms with Crippen LogP contribution in [0.5, 0.6) is 0 Å². The Morgan fingerprint density at radius 1 is 1.21 bits per heavy atom. The van der Waals surface area contributed by atoms with E-state index < -0.39 is 8.07 Å². The topological polar surface area (TPSA) is 57.8 Å². The van der Waals surface area contributed by atoms with Crippen molar-refractivity contribution in [2.24, 2.45) is 7.05 Å². The van der Waals surface area contributed by atoms with Crippen LogP contribution < -0.4 is 0 Å². The third kappa shape index (κ3) is 3.93. The van der Waals surface area contributed by atoms with E-state index in [1.807, 2.05) is 24.0 Å². The summed E-state index contributed by atoms with van der Waals surface area (Å²) in [5, 5.41) is 4.19. The third-order valence-electron chi connectivity index (χ3n) is 3.75. The summed E-state index contributed by atoms with van der Waals surface area (Å²) in [6.45, 7) is 8.33. The van der Waals surface area contributed by atoms with E-state index in [-0.39, 0.29) is 0 Å². The second kappa shape index (κ2) is 6.77. The second-order valence-corrected chi connectivity index (χ2v) is 13.6. The number of halogens is 1. The Kier molecular flexibility index (Phi) is 4.89. The summed E-state index contributed by atoms with van der Waals surface area (Å²) in [5.74, 6) is 0. The Morgan fingerprint density at radius 3 is 2.67 bits per heavy atom. The highest BCUT2D eigenvalue weighted by Crippen LogP contribution is 2.26. The van der Waals surface area contributed by atoms with Crippen molar-refractivity contribution in [3.63, 3.8) is 0 Å². The number of nitrogens with zero attached hydrogens (tertiary/aromatic N) is 5. The molecule has 0 aliphatic rings. The van der Waals surface area contributed by atoms with Crippen LogP contribution in [0.1, 0.15) is 0 Å². The second-order valence-electron chi connectivity index (χ2n) is 7.12. The molecular formula is C16H22BrN5OSi. The van der Waals surface area contributed by atoms with Crippen LogP contribution in [0.25, 0.3) is 22.4 Å². The van der Waals surface area contributed by atoms with Crippen LogP contribution in [0.4, 0.5) is 0 Å². The number of aryl methyl sites for hydroxylation is 1. The average Bonchev–Trinajstić information content (AvgIpc) is 3.07. The summed E-state index contributed by atoms with van der Waals surface area (Å²) in [6, 6.07) is 1.16. The molecule has 0 saturated heterocycles. The Balaban J connectivity index is 1.79. The molecule has 0 aromatic carbocycles. The van der Waals surface area contributed by atoms with E-state index in [0.717, 1.165) is 39.5 Å². The number of rotatable bonds is 6. The van der Waals surface area contributed by atoms with Crippen molar-refractivity contribution in [3.8, 4) is 11.3 Å². The molecule has 0 amide bonds. The maximum atomic E-state index is 5.83. The average molecular weight is 408 g/mol. The van der Waals surface area contributed by atoms with Gasteiger partial charge in [-0.05, 0) is 22.0 Å². The summed E-state index contributed by atoms with van der Waals surface area (Å²) in [5.41, 5.74) is 3.43. The predicted octanol–water partition coefficient (Wildman–Crippen LogP) is 3.91. The SMILES string of the molecule is Cn1cc(-c2cnc3c(n2)c(Br)cn3COCC[Si](C)(C)C)cn1. The summed E-state index contributed by atoms with van der Waals surface area (Å²) >= 11 is 3.58. The molecule has 0 unspecified atom stereocenters. The first-order chi connectivity index (χ1) is 11.3. The fraction of sp³-hybridized carbons (Fsp3) is 0.438. The monoisotopic (exact) mass is 407 g/mol. The van der Waals surface area contributed by atoms with E-state index in [4.69, 9.17) is 9.72 Å². The standard InChI is InChI=1S/C16H22BrN5OSi/c1-21-9-12(7-19-21)14-8-18-16-15(20-14)13(17)10-22(16)11-23-5-6-24(2,3)4/h7-10H,5-6,11H2,1-4H3. The molecule has 0 saturated carbocycles. The van der Waals surface area contributed by atoms with Gasteiger partial charge in [-0.3, -0.25) is 4.68 Å². The summed E-state index contributed by atoms with van der Waals surface area (Å²) in [4.78, 5) is 9.29. The van der Waals surface area contributed by atoms with E-state index in [9.17, 15) is 0 Å². The van der Waals surface area contributed by atoms with Crippen LogP contribution in [-0.4, -0.2) is 39.0 Å². The smallest absolute Gasteiger partial charge is 0.161 e. The van der Waals surface area contributed by atoms with Gasteiger partial charge in [0.25, 0.3) is 0 Å². The van der Waals surface area contributed by atoms with Gasteiger partial charge in [0.15, 0.2) is 5.65 Å². The van der Waals surface area contributed by atoms with Gasteiger partial charge in [0.1, 0.15) is 12.2 Å². The molecule has 0 bridgehead atoms. The lowest BCUT2D eigenvalue weighted by Gasteiger charge is -2.15. The highest BCUT2D eigenvalue weighted by Gasteiger charge is 2.14. The lowest BCUT2D eigenvalue weighted by Crippen LogP contribution is -2.22. The zero-order valence-electron chi connectivity index (χ0n) is 14.5. The van der Waals surface area contributed by atoms with Gasteiger partial charge in [0, 0.05) is 39.7 Å². The molecule has 24 heavy (non-hydrogen) atoms. The van der Waals surface area contributed by atoms with Gasteiger partial charge in [0.05, 0.1) is 22.6 Å². The number of hydrogen-bond donors (Lipinski definition) is 0. The largest absolute Gasteiger partial charge is 0.361 e. The van der Waals surface area contributed by atoms with E-state index in [2.05, 4.69) is 45.7 Å². The molecule has 3 aromatic heterocycles. The van der Waals surface area contributed by atoms with Gasteiger partial charge >= 0.3 is 0 Å². The maximum Gasteiger partial charge on any atom is 0.161 e. The van der Waals surface area contributed by atoms with Crippen molar-refractivity contribution in [3.05, 3.63) is 29.3 Å². The van der Waals surface area contributed by atoms with E-state index in [1.165, 1.54) is 0 Å². The quantitative estimate of drug-likeness (QED) is 0.459. The molecule has 0 fully saturated rings. The van der Waals surface area contributed by atoms with Crippen LogP contribution in [0.3, 0.4) is 0 Å². The van der Waals surface area contributed by atoms with Gasteiger partial charge in [0.2, 0.25) is 0 Å². The molecule has 3 rings (SSSR count). The Bertz CT molecular complexity index is 852. The van der Waals surface area contributed by atoms with Crippen molar-refractivity contribution in [2.75, 3.05) is 6.61 Å². The molecule has 128 valence electrons. The first-order valence-electron chi connectivity index (χ1n) is 7.92. The molecule has 6 nitrogen and oxygen atoms in total. The van der Waals surface area contributed by atoms with Crippen molar-refractivity contribution < 1.29 is 4.74 Å². The fourth-order valence-corrected chi connectivity index (χ4v) is 3.61. The van der Waals surface area contributed by atoms with E-state index in [1.54, 1.807) is 17.1 Å². The Morgan fingerprint density at radius 2 is 2.00 bits per heavy atom. The zero-order valence-corrected chi connectivity index (χ0v) is 17.0. The van der Waals surface area contributed by atoms with Crippen molar-refractivity contribution in [1.82, 2.24) is 24.3 Å². The molecule has 8 heteroatoms. The normalized spacial score (nSPS) is 12.2. The van der Waals surface area contributed by atoms with Gasteiger partial charge in [-0.15, -0.1) is 0 Å². The van der Waals surface area contributed by atoms with Crippen LogP contribution >= 0.6 is 15.9 Å². The summed E-state index contributed by atoms with van der Waals surface area (Å²) in [7, 11) is 0.822. The molecule has 0 aliphatic heterocycles. The van der Waals surface area contributed by atoms with Crippen molar-refractivity contribution in [1.29, 1.82) is 0 Å². The predicted molar refractivity (Wildman–Crippen MR) is 102 cm³/mol. The Labute approximate surface area is 151 Å². The van der Waals surface area contributed by atoms with E-state index in [0.29, 0.717) is 6.73 Å². The van der Waals surface area contributed by atoms with Crippen LogP contribution in [0.2, 0.25) is 25.7 Å². The van der Waals surface area contributed by atoms with Crippen LogP contribution in [0.15, 0.2) is 29.3 Å². The summed E-state index contributed by atoms with van der Waals surface area (Å²) in [6.07, 6.45) is 7.48. The van der Waals surface area contributed by atoms with Crippen LogP contribution in [-0.2, 0) is 18.5 Å². The van der Waals surface area contributed by atoms with E-state index >= 15 is 0 Å². The number of hydrogen-bond acceptors (Lipinski definition) is 4. The lowest BCUT2D eigenvalue weighted by molar-refractivity contribution is 0.0898. The minimum atomic E-state index is -1.07. The minimum absolute atomic E-state index is 0.494. The van der Waals surface area contributed by atoms with Gasteiger partial charge < -0.3 is 9.30 Å². The molecule has 0 spiro atoms. The molecule has 0 N–H and O–H groups in total. The number of aromatic nitrogens is 5. The zero-order chi connectivity index (χ0) is 17.3.